The Morgan fingerprint density at radius 3 is 2.78 bits per heavy atom. The number of hydrogen-bond acceptors (Lipinski definition) is 8. The molecule has 0 saturated heterocycles. The lowest BCUT2D eigenvalue weighted by atomic mass is 10.1. The van der Waals surface area contributed by atoms with E-state index in [1.54, 1.807) is 18.5 Å². The number of thiophene rings is 1. The lowest BCUT2D eigenvalue weighted by Gasteiger charge is -2.09. The molecule has 0 bridgehead atoms. The molecule has 1 aromatic carbocycles. The molecule has 9 nitrogen and oxygen atoms in total. The molecule has 0 atom stereocenters. The minimum Gasteiger partial charge on any atom is -0.462 e. The number of nitrogens with one attached hydrogen (secondary N) is 2. The van der Waals surface area contributed by atoms with Crippen LogP contribution in [0, 0.1) is 5.82 Å². The number of halogens is 1. The van der Waals surface area contributed by atoms with E-state index in [9.17, 15) is 18.8 Å². The Bertz CT molecular complexity index is 1310. The van der Waals surface area contributed by atoms with Gasteiger partial charge in [-0.15, -0.1) is 21.5 Å². The zero-order valence-electron chi connectivity index (χ0n) is 20.6. The molecule has 1 aliphatic carbocycles. The highest BCUT2D eigenvalue weighted by Crippen LogP contribution is 2.38. The number of carbonyl (C=O) groups excluding carboxylic acids is 3. The number of anilines is 1. The smallest absolute Gasteiger partial charge is 0.341 e. The molecule has 1 aliphatic rings. The highest BCUT2D eigenvalue weighted by atomic mass is 32.2. The largest absolute Gasteiger partial charge is 0.462 e. The van der Waals surface area contributed by atoms with Crippen molar-refractivity contribution in [3.05, 3.63) is 57.5 Å². The second kappa shape index (κ2) is 12.3. The fourth-order valence-corrected chi connectivity index (χ4v) is 6.08. The van der Waals surface area contributed by atoms with E-state index in [-0.39, 0.29) is 30.4 Å². The quantitative estimate of drug-likeness (QED) is 0.236. The van der Waals surface area contributed by atoms with E-state index in [1.165, 1.54) is 41.3 Å². The van der Waals surface area contributed by atoms with Gasteiger partial charge in [-0.1, -0.05) is 24.2 Å². The molecule has 12 heteroatoms. The SMILES string of the molecule is CCOC(=O)c1c(NC(=O)CSc2nnc(CNC(=O)c3cccc(F)c3)n2C)sc2c1CCCCC2. The molecule has 196 valence electrons. The first kappa shape index (κ1) is 26.8. The van der Waals surface area contributed by atoms with Crippen LogP contribution in [0.3, 0.4) is 0 Å². The third-order valence-corrected chi connectivity index (χ3v) is 8.13. The lowest BCUT2D eigenvalue weighted by molar-refractivity contribution is -0.113. The highest BCUT2D eigenvalue weighted by molar-refractivity contribution is 7.99. The monoisotopic (exact) mass is 545 g/mol. The molecular weight excluding hydrogens is 517 g/mol. The Morgan fingerprint density at radius 2 is 2.00 bits per heavy atom. The average molecular weight is 546 g/mol. The Kier molecular flexibility index (Phi) is 8.93. The molecule has 37 heavy (non-hydrogen) atoms. The Hall–Kier alpha value is -3.25. The zero-order chi connectivity index (χ0) is 26.4. The van der Waals surface area contributed by atoms with E-state index in [0.717, 1.165) is 48.6 Å². The minimum atomic E-state index is -0.490. The van der Waals surface area contributed by atoms with Crippen LogP contribution in [0.5, 0.6) is 0 Å². The van der Waals surface area contributed by atoms with Gasteiger partial charge in [-0.2, -0.15) is 0 Å². The second-order valence-electron chi connectivity index (χ2n) is 8.48. The van der Waals surface area contributed by atoms with Crippen molar-refractivity contribution in [2.24, 2.45) is 7.05 Å². The van der Waals surface area contributed by atoms with Gasteiger partial charge in [0.15, 0.2) is 11.0 Å². The van der Waals surface area contributed by atoms with Gasteiger partial charge in [-0.3, -0.25) is 9.59 Å². The van der Waals surface area contributed by atoms with Crippen molar-refractivity contribution < 1.29 is 23.5 Å². The van der Waals surface area contributed by atoms with Gasteiger partial charge in [0.05, 0.1) is 24.5 Å². The highest BCUT2D eigenvalue weighted by Gasteiger charge is 2.26. The molecule has 0 radical (unpaired) electrons. The Labute approximate surface area is 222 Å². The predicted molar refractivity (Wildman–Crippen MR) is 139 cm³/mol. The molecule has 3 aromatic rings. The minimum absolute atomic E-state index is 0.0620. The lowest BCUT2D eigenvalue weighted by Crippen LogP contribution is -2.24. The summed E-state index contributed by atoms with van der Waals surface area (Å²) in [6.07, 6.45) is 4.90. The number of aromatic nitrogens is 3. The first-order valence-electron chi connectivity index (χ1n) is 12.0. The number of aryl methyl sites for hydroxylation is 1. The number of ether oxygens (including phenoxy) is 1. The third-order valence-electron chi connectivity index (χ3n) is 5.91. The number of fused-ring (bicyclic) bond motifs is 1. The normalized spacial score (nSPS) is 12.9. The summed E-state index contributed by atoms with van der Waals surface area (Å²) in [6, 6.07) is 5.41. The number of benzene rings is 1. The van der Waals surface area contributed by atoms with Crippen molar-refractivity contribution >= 4 is 45.9 Å². The van der Waals surface area contributed by atoms with Crippen molar-refractivity contribution in [2.45, 2.75) is 50.7 Å². The Morgan fingerprint density at radius 1 is 1.19 bits per heavy atom. The van der Waals surface area contributed by atoms with Crippen molar-refractivity contribution in [2.75, 3.05) is 17.7 Å². The zero-order valence-corrected chi connectivity index (χ0v) is 22.3. The topological polar surface area (TPSA) is 115 Å². The van der Waals surface area contributed by atoms with Crippen molar-refractivity contribution in [1.82, 2.24) is 20.1 Å². The summed E-state index contributed by atoms with van der Waals surface area (Å²) in [5.41, 5.74) is 1.70. The van der Waals surface area contributed by atoms with E-state index < -0.39 is 17.7 Å². The van der Waals surface area contributed by atoms with E-state index in [2.05, 4.69) is 20.8 Å². The van der Waals surface area contributed by atoms with Crippen LogP contribution in [-0.4, -0.2) is 44.9 Å². The van der Waals surface area contributed by atoms with Gasteiger partial charge in [-0.05, 0) is 56.4 Å². The molecule has 2 heterocycles. The van der Waals surface area contributed by atoms with E-state index in [0.29, 0.717) is 21.5 Å². The fraction of sp³-hybridized carbons (Fsp3) is 0.400. The summed E-state index contributed by atoms with van der Waals surface area (Å²) in [4.78, 5) is 38.9. The molecule has 4 rings (SSSR count). The van der Waals surface area contributed by atoms with Gasteiger partial charge in [0.1, 0.15) is 10.8 Å². The molecule has 0 saturated carbocycles. The maximum atomic E-state index is 13.4. The molecule has 2 N–H and O–H groups in total. The molecule has 0 aliphatic heterocycles. The Balaban J connectivity index is 1.37. The number of esters is 1. The van der Waals surface area contributed by atoms with Crippen LogP contribution < -0.4 is 10.6 Å². The number of hydrogen-bond donors (Lipinski definition) is 2. The van der Waals surface area contributed by atoms with Crippen molar-refractivity contribution in [3.8, 4) is 0 Å². The molecule has 0 unspecified atom stereocenters. The predicted octanol–water partition coefficient (Wildman–Crippen LogP) is 4.12. The third kappa shape index (κ3) is 6.55. The van der Waals surface area contributed by atoms with Crippen LogP contribution >= 0.6 is 23.1 Å². The van der Waals surface area contributed by atoms with E-state index in [1.807, 2.05) is 0 Å². The average Bonchev–Trinajstić information content (AvgIpc) is 3.30. The summed E-state index contributed by atoms with van der Waals surface area (Å²) in [5.74, 6) is -1.04. The van der Waals surface area contributed by atoms with Gasteiger partial charge in [0.25, 0.3) is 5.91 Å². The summed E-state index contributed by atoms with van der Waals surface area (Å²) in [6.45, 7) is 2.12. The van der Waals surface area contributed by atoms with Gasteiger partial charge in [-0.25, -0.2) is 9.18 Å². The summed E-state index contributed by atoms with van der Waals surface area (Å²) in [5, 5.41) is 14.8. The maximum absolute atomic E-state index is 13.4. The number of thioether (sulfide) groups is 1. The maximum Gasteiger partial charge on any atom is 0.341 e. The number of amides is 2. The fourth-order valence-electron chi connectivity index (χ4n) is 4.06. The molecule has 0 fully saturated rings. The van der Waals surface area contributed by atoms with Crippen LogP contribution in [0.25, 0.3) is 0 Å². The first-order valence-corrected chi connectivity index (χ1v) is 13.8. The molecule has 2 aromatic heterocycles. The van der Waals surface area contributed by atoms with Crippen molar-refractivity contribution in [3.63, 3.8) is 0 Å². The van der Waals surface area contributed by atoms with E-state index >= 15 is 0 Å². The number of carbonyl (C=O) groups is 3. The van der Waals surface area contributed by atoms with Gasteiger partial charge in [0.2, 0.25) is 5.91 Å². The van der Waals surface area contributed by atoms with Crippen LogP contribution in [0.4, 0.5) is 9.39 Å². The van der Waals surface area contributed by atoms with Crippen LogP contribution in [-0.2, 0) is 36.0 Å². The molecule has 0 spiro atoms. The standard InChI is InChI=1S/C25H28FN5O4S2/c1-3-35-24(34)21-17-10-5-4-6-11-18(17)37-23(21)28-20(32)14-36-25-30-29-19(31(25)2)13-27-22(33)15-8-7-9-16(26)12-15/h7-9,12H,3-6,10-11,13-14H2,1-2H3,(H,27,33)(H,28,32). The second-order valence-corrected chi connectivity index (χ2v) is 10.5. The number of rotatable bonds is 9. The van der Waals surface area contributed by atoms with Crippen LogP contribution in [0.1, 0.15) is 63.2 Å². The van der Waals surface area contributed by atoms with Crippen LogP contribution in [0.15, 0.2) is 29.4 Å². The first-order chi connectivity index (χ1) is 17.9. The van der Waals surface area contributed by atoms with E-state index in [4.69, 9.17) is 4.74 Å². The van der Waals surface area contributed by atoms with Crippen molar-refractivity contribution in [1.29, 1.82) is 0 Å². The molecule has 2 amide bonds. The molecular formula is C25H28FN5O4S2. The summed E-state index contributed by atoms with van der Waals surface area (Å²) in [7, 11) is 1.74. The summed E-state index contributed by atoms with van der Waals surface area (Å²) < 4.78 is 20.3. The van der Waals surface area contributed by atoms with Gasteiger partial charge in [0, 0.05) is 17.5 Å². The number of nitrogens with zero attached hydrogens (tertiary/aromatic N) is 3. The van der Waals surface area contributed by atoms with Gasteiger partial charge >= 0.3 is 5.97 Å². The summed E-state index contributed by atoms with van der Waals surface area (Å²) >= 11 is 2.65. The van der Waals surface area contributed by atoms with Gasteiger partial charge < -0.3 is 19.9 Å². The van der Waals surface area contributed by atoms with Crippen LogP contribution in [0.2, 0.25) is 0 Å².